The maximum Gasteiger partial charge on any atom is 0.0624 e. The standard InChI is InChI=1S/C16H23Cl2N/c1-2-19-15(12-6-3-4-7-12)11-10-13-8-5-9-14(17)16(13)18/h5,8-9,12,15,19H,2-4,6-7,10-11H2,1H3. The third-order valence-corrected chi connectivity index (χ3v) is 5.05. The highest BCUT2D eigenvalue weighted by Crippen LogP contribution is 2.31. The lowest BCUT2D eigenvalue weighted by Crippen LogP contribution is -2.35. The van der Waals surface area contributed by atoms with Crippen molar-refractivity contribution in [1.29, 1.82) is 0 Å². The monoisotopic (exact) mass is 299 g/mol. The number of aryl methyl sites for hydroxylation is 1. The molecule has 1 unspecified atom stereocenters. The summed E-state index contributed by atoms with van der Waals surface area (Å²) in [5.41, 5.74) is 1.18. The third kappa shape index (κ3) is 4.11. The van der Waals surface area contributed by atoms with Gasteiger partial charge < -0.3 is 5.32 Å². The van der Waals surface area contributed by atoms with Crippen LogP contribution in [-0.2, 0) is 6.42 Å². The van der Waals surface area contributed by atoms with Gasteiger partial charge in [0.05, 0.1) is 10.0 Å². The lowest BCUT2D eigenvalue weighted by Gasteiger charge is -2.24. The van der Waals surface area contributed by atoms with Crippen LogP contribution in [0.25, 0.3) is 0 Å². The molecular formula is C16H23Cl2N. The molecule has 1 aliphatic rings. The van der Waals surface area contributed by atoms with Crippen molar-refractivity contribution in [1.82, 2.24) is 5.32 Å². The predicted molar refractivity (Wildman–Crippen MR) is 84.2 cm³/mol. The summed E-state index contributed by atoms with van der Waals surface area (Å²) >= 11 is 12.3. The van der Waals surface area contributed by atoms with E-state index >= 15 is 0 Å². The molecule has 19 heavy (non-hydrogen) atoms. The summed E-state index contributed by atoms with van der Waals surface area (Å²) in [6.07, 6.45) is 7.70. The Morgan fingerprint density at radius 3 is 2.68 bits per heavy atom. The topological polar surface area (TPSA) is 12.0 Å². The Balaban J connectivity index is 1.96. The third-order valence-electron chi connectivity index (χ3n) is 4.19. The first-order chi connectivity index (χ1) is 9.22. The minimum atomic E-state index is 0.627. The molecular weight excluding hydrogens is 277 g/mol. The van der Waals surface area contributed by atoms with Crippen molar-refractivity contribution < 1.29 is 0 Å². The highest BCUT2D eigenvalue weighted by atomic mass is 35.5. The molecule has 106 valence electrons. The van der Waals surface area contributed by atoms with Crippen LogP contribution in [0, 0.1) is 5.92 Å². The van der Waals surface area contributed by atoms with E-state index in [0.717, 1.165) is 30.3 Å². The summed E-state index contributed by atoms with van der Waals surface area (Å²) in [5.74, 6) is 0.845. The van der Waals surface area contributed by atoms with Crippen molar-refractivity contribution in [2.24, 2.45) is 5.92 Å². The van der Waals surface area contributed by atoms with Crippen molar-refractivity contribution in [3.8, 4) is 0 Å². The molecule has 0 spiro atoms. The Hall–Kier alpha value is -0.240. The fourth-order valence-corrected chi connectivity index (χ4v) is 3.59. The number of hydrogen-bond donors (Lipinski definition) is 1. The average molecular weight is 300 g/mol. The first kappa shape index (κ1) is 15.2. The summed E-state index contributed by atoms with van der Waals surface area (Å²) in [7, 11) is 0. The summed E-state index contributed by atoms with van der Waals surface area (Å²) in [5, 5.41) is 5.05. The molecule has 1 N–H and O–H groups in total. The van der Waals surface area contributed by atoms with Crippen LogP contribution in [0.1, 0.15) is 44.6 Å². The zero-order chi connectivity index (χ0) is 13.7. The van der Waals surface area contributed by atoms with Crippen molar-refractivity contribution >= 4 is 23.2 Å². The molecule has 0 saturated heterocycles. The first-order valence-electron chi connectivity index (χ1n) is 7.38. The number of rotatable bonds is 6. The van der Waals surface area contributed by atoms with Crippen LogP contribution in [0.4, 0.5) is 0 Å². The molecule has 1 saturated carbocycles. The number of benzene rings is 1. The van der Waals surface area contributed by atoms with E-state index in [9.17, 15) is 0 Å². The van der Waals surface area contributed by atoms with Crippen molar-refractivity contribution in [3.05, 3.63) is 33.8 Å². The Kier molecular flexibility index (Phi) is 6.00. The highest BCUT2D eigenvalue weighted by molar-refractivity contribution is 6.42. The maximum absolute atomic E-state index is 6.26. The number of hydrogen-bond acceptors (Lipinski definition) is 1. The Morgan fingerprint density at radius 1 is 1.26 bits per heavy atom. The fourth-order valence-electron chi connectivity index (χ4n) is 3.18. The normalized spacial score (nSPS) is 17.8. The molecule has 0 amide bonds. The predicted octanol–water partition coefficient (Wildman–Crippen LogP) is 5.09. The summed E-state index contributed by atoms with van der Waals surface area (Å²) in [4.78, 5) is 0. The first-order valence-corrected chi connectivity index (χ1v) is 8.14. The molecule has 1 atom stereocenters. The van der Waals surface area contributed by atoms with E-state index in [4.69, 9.17) is 23.2 Å². The van der Waals surface area contributed by atoms with Gasteiger partial charge in [-0.1, -0.05) is 55.1 Å². The van der Waals surface area contributed by atoms with Crippen LogP contribution in [-0.4, -0.2) is 12.6 Å². The smallest absolute Gasteiger partial charge is 0.0624 e. The van der Waals surface area contributed by atoms with E-state index in [1.807, 2.05) is 12.1 Å². The highest BCUT2D eigenvalue weighted by Gasteiger charge is 2.24. The van der Waals surface area contributed by atoms with Crippen molar-refractivity contribution in [3.63, 3.8) is 0 Å². The largest absolute Gasteiger partial charge is 0.314 e. The molecule has 2 rings (SSSR count). The minimum Gasteiger partial charge on any atom is -0.314 e. The Morgan fingerprint density at radius 2 is 2.00 bits per heavy atom. The molecule has 1 aromatic rings. The lowest BCUT2D eigenvalue weighted by molar-refractivity contribution is 0.346. The van der Waals surface area contributed by atoms with Crippen LogP contribution >= 0.6 is 23.2 Å². The number of nitrogens with one attached hydrogen (secondary N) is 1. The molecule has 1 aliphatic carbocycles. The summed E-state index contributed by atoms with van der Waals surface area (Å²) in [6, 6.07) is 6.56. The van der Waals surface area contributed by atoms with Gasteiger partial charge in [0.2, 0.25) is 0 Å². The van der Waals surface area contributed by atoms with Crippen LogP contribution < -0.4 is 5.32 Å². The van der Waals surface area contributed by atoms with Gasteiger partial charge in [0.1, 0.15) is 0 Å². The van der Waals surface area contributed by atoms with Gasteiger partial charge in [-0.25, -0.2) is 0 Å². The molecule has 3 heteroatoms. The van der Waals surface area contributed by atoms with E-state index < -0.39 is 0 Å². The van der Waals surface area contributed by atoms with Gasteiger partial charge in [0, 0.05) is 6.04 Å². The number of halogens is 2. The van der Waals surface area contributed by atoms with Gasteiger partial charge in [-0.15, -0.1) is 0 Å². The fraction of sp³-hybridized carbons (Fsp3) is 0.625. The van der Waals surface area contributed by atoms with Gasteiger partial charge in [0.25, 0.3) is 0 Å². The Labute approximate surface area is 126 Å². The van der Waals surface area contributed by atoms with Crippen LogP contribution in [0.5, 0.6) is 0 Å². The second kappa shape index (κ2) is 7.52. The molecule has 0 radical (unpaired) electrons. The van der Waals surface area contributed by atoms with E-state index in [1.165, 1.54) is 31.2 Å². The summed E-state index contributed by atoms with van der Waals surface area (Å²) < 4.78 is 0. The van der Waals surface area contributed by atoms with Crippen LogP contribution in [0.2, 0.25) is 10.0 Å². The van der Waals surface area contributed by atoms with Gasteiger partial charge in [-0.3, -0.25) is 0 Å². The van der Waals surface area contributed by atoms with Crippen LogP contribution in [0.3, 0.4) is 0 Å². The lowest BCUT2D eigenvalue weighted by atomic mass is 9.92. The van der Waals surface area contributed by atoms with Gasteiger partial charge >= 0.3 is 0 Å². The molecule has 0 aliphatic heterocycles. The second-order valence-corrected chi connectivity index (χ2v) is 6.25. The molecule has 1 fully saturated rings. The van der Waals surface area contributed by atoms with Gasteiger partial charge in [-0.2, -0.15) is 0 Å². The van der Waals surface area contributed by atoms with E-state index in [1.54, 1.807) is 0 Å². The van der Waals surface area contributed by atoms with E-state index in [-0.39, 0.29) is 0 Å². The maximum atomic E-state index is 6.26. The molecule has 0 heterocycles. The SMILES string of the molecule is CCNC(CCc1cccc(Cl)c1Cl)C1CCCC1. The minimum absolute atomic E-state index is 0.627. The van der Waals surface area contributed by atoms with E-state index in [0.29, 0.717) is 11.1 Å². The van der Waals surface area contributed by atoms with Gasteiger partial charge in [0.15, 0.2) is 0 Å². The Bertz CT molecular complexity index is 400. The van der Waals surface area contributed by atoms with Crippen LogP contribution in [0.15, 0.2) is 18.2 Å². The molecule has 0 aromatic heterocycles. The second-order valence-electron chi connectivity index (χ2n) is 5.46. The van der Waals surface area contributed by atoms with E-state index in [2.05, 4.69) is 18.3 Å². The quantitative estimate of drug-likeness (QED) is 0.771. The zero-order valence-electron chi connectivity index (χ0n) is 11.6. The average Bonchev–Trinajstić information content (AvgIpc) is 2.93. The molecule has 1 aromatic carbocycles. The molecule has 1 nitrogen and oxygen atoms in total. The molecule has 0 bridgehead atoms. The van der Waals surface area contributed by atoms with Gasteiger partial charge in [-0.05, 0) is 49.8 Å². The van der Waals surface area contributed by atoms with Crippen molar-refractivity contribution in [2.75, 3.05) is 6.54 Å². The van der Waals surface area contributed by atoms with Crippen molar-refractivity contribution in [2.45, 2.75) is 51.5 Å². The zero-order valence-corrected chi connectivity index (χ0v) is 13.1. The summed E-state index contributed by atoms with van der Waals surface area (Å²) in [6.45, 7) is 3.23.